The van der Waals surface area contributed by atoms with Gasteiger partial charge in [0.2, 0.25) is 5.91 Å². The molecule has 0 spiro atoms. The fourth-order valence-corrected chi connectivity index (χ4v) is 4.35. The van der Waals surface area contributed by atoms with E-state index >= 15 is 0 Å². The van der Waals surface area contributed by atoms with Gasteiger partial charge in [-0.3, -0.25) is 14.9 Å². The number of rotatable bonds is 7. The molecule has 0 aromatic heterocycles. The van der Waals surface area contributed by atoms with Gasteiger partial charge < -0.3 is 10.4 Å². The van der Waals surface area contributed by atoms with Gasteiger partial charge in [-0.05, 0) is 25.0 Å². The van der Waals surface area contributed by atoms with Gasteiger partial charge in [0.25, 0.3) is 0 Å². The topological polar surface area (TPSA) is 113 Å². The Bertz CT molecular complexity index is 700. The molecule has 0 bridgehead atoms. The minimum absolute atomic E-state index is 0.0209. The minimum atomic E-state index is -3.72. The van der Waals surface area contributed by atoms with Crippen LogP contribution in [0.3, 0.4) is 0 Å². The number of halogens is 1. The average Bonchev–Trinajstić information content (AvgIpc) is 3.25. The number of hydrogen-bond acceptors (Lipinski definition) is 5. The van der Waals surface area contributed by atoms with Gasteiger partial charge in [0.1, 0.15) is 11.4 Å². The molecule has 0 radical (unpaired) electrons. The molecule has 0 atom stereocenters. The zero-order valence-electron chi connectivity index (χ0n) is 11.5. The molecule has 2 rings (SSSR count). The van der Waals surface area contributed by atoms with Gasteiger partial charge in [-0.15, -0.1) is 0 Å². The highest BCUT2D eigenvalue weighted by atomic mass is 35.5. The van der Waals surface area contributed by atoms with Gasteiger partial charge in [0.15, 0.2) is 9.84 Å². The molecule has 1 saturated carbocycles. The Morgan fingerprint density at radius 3 is 2.41 bits per heavy atom. The number of sulfone groups is 1. The van der Waals surface area contributed by atoms with Crippen molar-refractivity contribution in [1.82, 2.24) is 10.6 Å². The predicted molar refractivity (Wildman–Crippen MR) is 79.3 cm³/mol. The Morgan fingerprint density at radius 2 is 1.86 bits per heavy atom. The van der Waals surface area contributed by atoms with Crippen molar-refractivity contribution in [2.45, 2.75) is 22.6 Å². The Balaban J connectivity index is 2.06. The number of amides is 1. The monoisotopic (exact) mass is 346 g/mol. The molecule has 0 saturated heterocycles. The van der Waals surface area contributed by atoms with Crippen LogP contribution in [0.1, 0.15) is 12.8 Å². The largest absolute Gasteiger partial charge is 0.480 e. The highest BCUT2D eigenvalue weighted by Gasteiger charge is 2.55. The summed E-state index contributed by atoms with van der Waals surface area (Å²) in [6, 6.07) is 6.12. The smallest absolute Gasteiger partial charge is 0.322 e. The van der Waals surface area contributed by atoms with E-state index in [0.717, 1.165) is 0 Å². The van der Waals surface area contributed by atoms with Crippen LogP contribution in [0.5, 0.6) is 0 Å². The summed E-state index contributed by atoms with van der Waals surface area (Å²) in [6.45, 7) is -0.790. The number of benzene rings is 1. The normalized spacial score (nSPS) is 16.0. The van der Waals surface area contributed by atoms with Gasteiger partial charge in [-0.1, -0.05) is 23.7 Å². The summed E-state index contributed by atoms with van der Waals surface area (Å²) in [6.07, 6.45) is 0.736. The van der Waals surface area contributed by atoms with Crippen molar-refractivity contribution >= 4 is 33.3 Å². The summed E-state index contributed by atoms with van der Waals surface area (Å²) in [5, 5.41) is 13.5. The van der Waals surface area contributed by atoms with E-state index in [-0.39, 0.29) is 16.5 Å². The summed E-state index contributed by atoms with van der Waals surface area (Å²) in [5.41, 5.74) is 0. The highest BCUT2D eigenvalue weighted by molar-refractivity contribution is 7.93. The van der Waals surface area contributed by atoms with Gasteiger partial charge in [0.05, 0.1) is 16.5 Å². The van der Waals surface area contributed by atoms with Crippen molar-refractivity contribution in [2.24, 2.45) is 0 Å². The molecule has 22 heavy (non-hydrogen) atoms. The lowest BCUT2D eigenvalue weighted by Crippen LogP contribution is -2.45. The van der Waals surface area contributed by atoms with Crippen molar-refractivity contribution < 1.29 is 23.1 Å². The summed E-state index contributed by atoms with van der Waals surface area (Å²) in [4.78, 5) is 20.7. The molecule has 1 aromatic carbocycles. The Kier molecular flexibility index (Phi) is 4.74. The van der Waals surface area contributed by atoms with E-state index in [1.807, 2.05) is 0 Å². The first kappa shape index (κ1) is 16.7. The number of carboxylic acid groups (broad SMARTS) is 1. The molecule has 7 nitrogen and oxygen atoms in total. The van der Waals surface area contributed by atoms with Gasteiger partial charge in [0, 0.05) is 0 Å². The zero-order valence-corrected chi connectivity index (χ0v) is 13.1. The predicted octanol–water partition coefficient (Wildman–Crippen LogP) is 0.394. The summed E-state index contributed by atoms with van der Waals surface area (Å²) in [7, 11) is -3.72. The van der Waals surface area contributed by atoms with Crippen LogP contribution >= 0.6 is 11.6 Å². The Morgan fingerprint density at radius 1 is 1.23 bits per heavy atom. The van der Waals surface area contributed by atoms with Crippen LogP contribution in [0.25, 0.3) is 0 Å². The molecule has 120 valence electrons. The quantitative estimate of drug-likeness (QED) is 0.658. The molecule has 1 amide bonds. The molecule has 0 unspecified atom stereocenters. The third kappa shape index (κ3) is 3.40. The molecule has 0 heterocycles. The van der Waals surface area contributed by atoms with Gasteiger partial charge in [-0.2, -0.15) is 0 Å². The van der Waals surface area contributed by atoms with Crippen LogP contribution in [0, 0.1) is 0 Å². The molecule has 0 aliphatic heterocycles. The van der Waals surface area contributed by atoms with E-state index in [1.54, 1.807) is 12.1 Å². The average molecular weight is 347 g/mol. The van der Waals surface area contributed by atoms with E-state index in [0.29, 0.717) is 12.8 Å². The van der Waals surface area contributed by atoms with Crippen molar-refractivity contribution in [3.8, 4) is 0 Å². The number of carbonyl (C=O) groups excluding carboxylic acids is 1. The lowest BCUT2D eigenvalue weighted by molar-refractivity contribution is -0.137. The van der Waals surface area contributed by atoms with E-state index in [1.165, 1.54) is 12.1 Å². The molecule has 9 heteroatoms. The second-order valence-corrected chi connectivity index (χ2v) is 7.59. The fraction of sp³-hybridized carbons (Fsp3) is 0.385. The van der Waals surface area contributed by atoms with Crippen LogP contribution in [0.4, 0.5) is 0 Å². The highest BCUT2D eigenvalue weighted by Crippen LogP contribution is 2.45. The second-order valence-electron chi connectivity index (χ2n) is 4.95. The molecule has 1 aliphatic rings. The van der Waals surface area contributed by atoms with E-state index < -0.39 is 33.1 Å². The second kappa shape index (κ2) is 6.23. The molecular weight excluding hydrogens is 332 g/mol. The van der Waals surface area contributed by atoms with Crippen molar-refractivity contribution in [3.63, 3.8) is 0 Å². The van der Waals surface area contributed by atoms with Crippen LogP contribution < -0.4 is 10.6 Å². The van der Waals surface area contributed by atoms with E-state index in [9.17, 15) is 18.0 Å². The van der Waals surface area contributed by atoms with Crippen molar-refractivity contribution in [2.75, 3.05) is 13.1 Å². The van der Waals surface area contributed by atoms with Crippen LogP contribution in [-0.2, 0) is 19.4 Å². The fourth-order valence-electron chi connectivity index (χ4n) is 2.01. The summed E-state index contributed by atoms with van der Waals surface area (Å²) < 4.78 is 25.3. The molecule has 1 fully saturated rings. The number of carbonyl (C=O) groups is 2. The number of nitrogens with one attached hydrogen (secondary N) is 2. The number of aliphatic carboxylic acids is 1. The molecule has 3 N–H and O–H groups in total. The lowest BCUT2D eigenvalue weighted by atomic mass is 10.4. The van der Waals surface area contributed by atoms with Crippen molar-refractivity contribution in [3.05, 3.63) is 29.3 Å². The van der Waals surface area contributed by atoms with Crippen LogP contribution in [0.2, 0.25) is 5.02 Å². The first-order valence-corrected chi connectivity index (χ1v) is 8.37. The lowest BCUT2D eigenvalue weighted by Gasteiger charge is -2.18. The van der Waals surface area contributed by atoms with Crippen LogP contribution in [-0.4, -0.2) is 43.4 Å². The summed E-state index contributed by atoms with van der Waals surface area (Å²) >= 11 is 5.94. The van der Waals surface area contributed by atoms with Crippen molar-refractivity contribution in [1.29, 1.82) is 0 Å². The number of hydrogen-bond donors (Lipinski definition) is 3. The first-order valence-electron chi connectivity index (χ1n) is 6.51. The number of carboxylic acids is 1. The Hall–Kier alpha value is -1.64. The standard InChI is InChI=1S/C13H15ClN2O5S/c14-9-3-1-2-4-10(9)22(20,21)13(5-6-13)16-7-11(17)15-8-12(18)19/h1-4,16H,5-8H2,(H,15,17)(H,18,19). The van der Waals surface area contributed by atoms with Crippen LogP contribution in [0.15, 0.2) is 29.2 Å². The first-order chi connectivity index (χ1) is 10.3. The molecule has 1 aliphatic carbocycles. The maximum Gasteiger partial charge on any atom is 0.322 e. The minimum Gasteiger partial charge on any atom is -0.480 e. The SMILES string of the molecule is O=C(O)CNC(=O)CNC1(S(=O)(=O)c2ccccc2Cl)CC1. The third-order valence-electron chi connectivity index (χ3n) is 3.35. The van der Waals surface area contributed by atoms with Gasteiger partial charge >= 0.3 is 5.97 Å². The molecular formula is C13H15ClN2O5S. The Labute approximate surface area is 132 Å². The van der Waals surface area contributed by atoms with Gasteiger partial charge in [-0.25, -0.2) is 8.42 Å². The van der Waals surface area contributed by atoms with E-state index in [2.05, 4.69) is 10.6 Å². The third-order valence-corrected chi connectivity index (χ3v) is 6.31. The van der Waals surface area contributed by atoms with E-state index in [4.69, 9.17) is 16.7 Å². The molecule has 1 aromatic rings. The maximum atomic E-state index is 12.6. The maximum absolute atomic E-state index is 12.6. The summed E-state index contributed by atoms with van der Waals surface area (Å²) in [5.74, 6) is -1.75. The zero-order chi connectivity index (χ0) is 16.4.